The van der Waals surface area contributed by atoms with E-state index >= 15 is 0 Å². The molecule has 34 heavy (non-hydrogen) atoms. The number of likely N-dealkylation sites (tertiary alicyclic amines) is 1. The fraction of sp³-hybridized carbons (Fsp3) is 0.720. The quantitative estimate of drug-likeness (QED) is 0.247. The molecule has 2 N–H and O–H groups in total. The smallest absolute Gasteiger partial charge is 0.233 e. The Kier molecular flexibility index (Phi) is 8.45. The van der Waals surface area contributed by atoms with Crippen molar-refractivity contribution in [2.45, 2.75) is 64.7 Å². The third-order valence-corrected chi connectivity index (χ3v) is 8.04. The van der Waals surface area contributed by atoms with Crippen LogP contribution in [0.5, 0.6) is 0 Å². The largest absolute Gasteiger partial charge is 0.355 e. The Morgan fingerprint density at radius 2 is 1.82 bits per heavy atom. The Balaban J connectivity index is 1.37. The molecule has 0 aromatic rings. The number of thioether (sulfide) groups is 1. The molecule has 2 fully saturated rings. The summed E-state index contributed by atoms with van der Waals surface area (Å²) in [6, 6.07) is 2.26. The molecule has 1 saturated carbocycles. The molecule has 186 valence electrons. The number of hydrogen-bond acceptors (Lipinski definition) is 6. The lowest BCUT2D eigenvalue weighted by atomic mass is 9.85. The second kappa shape index (κ2) is 10.9. The number of fused-ring (bicyclic) bond motifs is 5. The molecule has 1 heterocycles. The molecule has 2 bridgehead atoms. The fourth-order valence-corrected chi connectivity index (χ4v) is 6.43. The van der Waals surface area contributed by atoms with Gasteiger partial charge in [-0.1, -0.05) is 12.2 Å². The van der Waals surface area contributed by atoms with Crippen LogP contribution in [0.3, 0.4) is 0 Å². The monoisotopic (exact) mass is 488 g/mol. The normalized spacial score (nSPS) is 26.1. The number of carbonyl (C=O) groups excluding carboxylic acids is 4. The zero-order valence-electron chi connectivity index (χ0n) is 20.5. The second-order valence-electron chi connectivity index (χ2n) is 10.5. The van der Waals surface area contributed by atoms with Gasteiger partial charge in [-0.3, -0.25) is 24.1 Å². The van der Waals surface area contributed by atoms with Gasteiger partial charge in [0.1, 0.15) is 0 Å². The Morgan fingerprint density at radius 3 is 2.38 bits per heavy atom. The molecule has 0 aromatic heterocycles. The van der Waals surface area contributed by atoms with Crippen molar-refractivity contribution in [2.24, 2.45) is 29.1 Å². The van der Waals surface area contributed by atoms with Crippen LogP contribution in [0.15, 0.2) is 12.2 Å². The van der Waals surface area contributed by atoms with Crippen molar-refractivity contribution in [3.8, 4) is 6.07 Å². The predicted molar refractivity (Wildman–Crippen MR) is 130 cm³/mol. The van der Waals surface area contributed by atoms with Gasteiger partial charge in [0.05, 0.1) is 28.6 Å². The molecule has 3 rings (SSSR count). The summed E-state index contributed by atoms with van der Waals surface area (Å²) < 4.78 is 0. The zero-order valence-corrected chi connectivity index (χ0v) is 21.3. The van der Waals surface area contributed by atoms with Gasteiger partial charge in [-0.15, -0.1) is 11.8 Å². The molecule has 8 nitrogen and oxygen atoms in total. The zero-order chi connectivity index (χ0) is 25.0. The van der Waals surface area contributed by atoms with E-state index < -0.39 is 5.41 Å². The number of carbonyl (C=O) groups is 4. The molecular formula is C25H36N4O4S. The van der Waals surface area contributed by atoms with Crippen LogP contribution in [-0.4, -0.2) is 58.7 Å². The number of nitrogens with one attached hydrogen (secondary N) is 2. The Bertz CT molecular complexity index is 864. The van der Waals surface area contributed by atoms with Crippen molar-refractivity contribution in [1.82, 2.24) is 15.5 Å². The number of imide groups is 1. The lowest BCUT2D eigenvalue weighted by Crippen LogP contribution is -2.39. The highest BCUT2D eigenvalue weighted by atomic mass is 32.2. The first-order valence-corrected chi connectivity index (χ1v) is 13.2. The molecule has 2 aliphatic carbocycles. The molecule has 9 heteroatoms. The average molecular weight is 489 g/mol. The number of rotatable bonds is 12. The molecule has 0 aromatic carbocycles. The lowest BCUT2D eigenvalue weighted by molar-refractivity contribution is -0.141. The number of amides is 4. The predicted octanol–water partition coefficient (Wildman–Crippen LogP) is 2.26. The second-order valence-corrected chi connectivity index (χ2v) is 11.8. The van der Waals surface area contributed by atoms with Gasteiger partial charge in [0.25, 0.3) is 0 Å². The molecule has 3 aliphatic rings. The first kappa shape index (κ1) is 26.3. The van der Waals surface area contributed by atoms with Crippen LogP contribution in [0.1, 0.15) is 53.4 Å². The van der Waals surface area contributed by atoms with Crippen LogP contribution in [0.25, 0.3) is 0 Å². The summed E-state index contributed by atoms with van der Waals surface area (Å²) in [5.74, 6) is 0.172. The van der Waals surface area contributed by atoms with E-state index in [1.807, 2.05) is 27.7 Å². The minimum absolute atomic E-state index is 0.0147. The summed E-state index contributed by atoms with van der Waals surface area (Å²) >= 11 is 1.43. The lowest BCUT2D eigenvalue weighted by Gasteiger charge is -2.24. The first-order chi connectivity index (χ1) is 16.0. The minimum Gasteiger partial charge on any atom is -0.355 e. The molecule has 0 radical (unpaired) electrons. The Hall–Kier alpha value is -2.34. The van der Waals surface area contributed by atoms with Crippen molar-refractivity contribution in [3.05, 3.63) is 12.2 Å². The molecular weight excluding hydrogens is 452 g/mol. The van der Waals surface area contributed by atoms with Crippen molar-refractivity contribution < 1.29 is 19.2 Å². The van der Waals surface area contributed by atoms with Crippen molar-refractivity contribution in [3.63, 3.8) is 0 Å². The highest BCUT2D eigenvalue weighted by Gasteiger charge is 2.58. The number of hydrogen-bond donors (Lipinski definition) is 2. The topological polar surface area (TPSA) is 119 Å². The third kappa shape index (κ3) is 6.01. The number of nitriles is 1. The average Bonchev–Trinajstić information content (AvgIpc) is 3.45. The SMILES string of the molecule is CC(C)NC(=O)C(CC(C)(C)C#N)SCCNC(=O)CCCN1C(=O)[C@@H]2C3C=CC(C3)[C@@H]2C1=O. The maximum atomic E-state index is 12.7. The van der Waals surface area contributed by atoms with E-state index in [-0.39, 0.29) is 71.6 Å². The van der Waals surface area contributed by atoms with Crippen molar-refractivity contribution >= 4 is 35.4 Å². The van der Waals surface area contributed by atoms with Crippen molar-refractivity contribution in [1.29, 1.82) is 5.26 Å². The van der Waals surface area contributed by atoms with Crippen LogP contribution < -0.4 is 10.6 Å². The maximum absolute atomic E-state index is 12.7. The van der Waals surface area contributed by atoms with Gasteiger partial charge in [-0.2, -0.15) is 5.26 Å². The van der Waals surface area contributed by atoms with Crippen molar-refractivity contribution in [2.75, 3.05) is 18.8 Å². The van der Waals surface area contributed by atoms with E-state index in [4.69, 9.17) is 0 Å². The van der Waals surface area contributed by atoms with Gasteiger partial charge in [-0.05, 0) is 58.8 Å². The van der Waals surface area contributed by atoms with Gasteiger partial charge in [0, 0.05) is 31.3 Å². The number of nitrogens with zero attached hydrogens (tertiary/aromatic N) is 2. The summed E-state index contributed by atoms with van der Waals surface area (Å²) in [7, 11) is 0. The molecule has 3 unspecified atom stereocenters. The maximum Gasteiger partial charge on any atom is 0.233 e. The summed E-state index contributed by atoms with van der Waals surface area (Å²) in [5.41, 5.74) is -0.617. The van der Waals surface area contributed by atoms with E-state index in [0.717, 1.165) is 6.42 Å². The highest BCUT2D eigenvalue weighted by molar-refractivity contribution is 8.00. The van der Waals surface area contributed by atoms with Crippen LogP contribution >= 0.6 is 11.8 Å². The molecule has 1 aliphatic heterocycles. The summed E-state index contributed by atoms with van der Waals surface area (Å²) in [6.45, 7) is 8.11. The summed E-state index contributed by atoms with van der Waals surface area (Å²) in [4.78, 5) is 51.5. The minimum atomic E-state index is -0.617. The van der Waals surface area contributed by atoms with Gasteiger partial charge in [0.2, 0.25) is 23.6 Å². The van der Waals surface area contributed by atoms with E-state index in [9.17, 15) is 24.4 Å². The number of allylic oxidation sites excluding steroid dienone is 2. The Morgan fingerprint density at radius 1 is 1.21 bits per heavy atom. The summed E-state index contributed by atoms with van der Waals surface area (Å²) in [5, 5.41) is 14.7. The fourth-order valence-electron chi connectivity index (χ4n) is 5.18. The summed E-state index contributed by atoms with van der Waals surface area (Å²) in [6.07, 6.45) is 6.16. The van der Waals surface area contributed by atoms with Gasteiger partial charge in [0.15, 0.2) is 0 Å². The molecule has 1 saturated heterocycles. The molecule has 0 spiro atoms. The van der Waals surface area contributed by atoms with E-state index in [0.29, 0.717) is 25.1 Å². The van der Waals surface area contributed by atoms with E-state index in [1.165, 1.54) is 16.7 Å². The third-order valence-electron chi connectivity index (χ3n) is 6.81. The van der Waals surface area contributed by atoms with Crippen LogP contribution in [0.2, 0.25) is 0 Å². The standard InChI is InChI=1S/C25H36N4O4S/c1-15(2)28-22(31)18(13-25(3,4)14-26)34-11-9-27-19(30)6-5-10-29-23(32)20-16-7-8-17(12-16)21(20)24(29)33/h7-8,15-18,20-21H,5-6,9-13H2,1-4H3,(H,27,30)(H,28,31)/t16?,17?,18?,20-,21+. The van der Waals surface area contributed by atoms with E-state index in [2.05, 4.69) is 28.9 Å². The highest BCUT2D eigenvalue weighted by Crippen LogP contribution is 2.52. The first-order valence-electron chi connectivity index (χ1n) is 12.2. The Labute approximate surface area is 206 Å². The van der Waals surface area contributed by atoms with Gasteiger partial charge in [-0.25, -0.2) is 0 Å². The van der Waals surface area contributed by atoms with Gasteiger partial charge >= 0.3 is 0 Å². The van der Waals surface area contributed by atoms with E-state index in [1.54, 1.807) is 0 Å². The van der Waals surface area contributed by atoms with Crippen LogP contribution in [0.4, 0.5) is 0 Å². The molecule has 5 atom stereocenters. The van der Waals surface area contributed by atoms with Gasteiger partial charge < -0.3 is 10.6 Å². The van der Waals surface area contributed by atoms with Crippen LogP contribution in [0, 0.1) is 40.4 Å². The molecule has 4 amide bonds. The van der Waals surface area contributed by atoms with Crippen LogP contribution in [-0.2, 0) is 19.2 Å².